The van der Waals surface area contributed by atoms with Crippen molar-refractivity contribution >= 4 is 0 Å². The molecule has 1 rings (SSSR count). The van der Waals surface area contributed by atoms with E-state index in [0.717, 1.165) is 23.7 Å². The predicted octanol–water partition coefficient (Wildman–Crippen LogP) is 32.3. The summed E-state index contributed by atoms with van der Waals surface area (Å²) >= 11 is 0. The first-order valence-corrected chi connectivity index (χ1v) is 41.9. The molecule has 1 saturated carbocycles. The van der Waals surface area contributed by atoms with Crippen LogP contribution in [0.25, 0.3) is 0 Å². The van der Waals surface area contributed by atoms with Crippen LogP contribution in [-0.4, -0.2) is 0 Å². The third-order valence-electron chi connectivity index (χ3n) is 22.9. The molecule has 0 N–H and O–H groups in total. The van der Waals surface area contributed by atoms with E-state index >= 15 is 0 Å². The van der Waals surface area contributed by atoms with Crippen molar-refractivity contribution < 1.29 is 0 Å². The molecule has 85 heavy (non-hydrogen) atoms. The summed E-state index contributed by atoms with van der Waals surface area (Å²) < 4.78 is 0. The Morgan fingerprint density at radius 2 is 0.282 bits per heavy atom. The average Bonchev–Trinajstić information content (AvgIpc) is 1.84. The van der Waals surface area contributed by atoms with Gasteiger partial charge in [-0.05, 0) is 73.0 Å². The average molecular weight is 1190 g/mol. The minimum absolute atomic E-state index is 0.546. The fourth-order valence-electron chi connectivity index (χ4n) is 17.5. The van der Waals surface area contributed by atoms with Gasteiger partial charge in [0.15, 0.2) is 0 Å². The zero-order valence-corrected chi connectivity index (χ0v) is 61.5. The molecule has 0 heteroatoms. The maximum absolute atomic E-state index is 2.42. The minimum atomic E-state index is 0.546. The van der Waals surface area contributed by atoms with Crippen LogP contribution in [0.4, 0.5) is 0 Å². The molecule has 0 saturated heterocycles. The lowest BCUT2D eigenvalue weighted by atomic mass is 9.52. The lowest BCUT2D eigenvalue weighted by Crippen LogP contribution is -2.43. The van der Waals surface area contributed by atoms with Crippen molar-refractivity contribution in [2.24, 2.45) is 34.5 Å². The van der Waals surface area contributed by atoms with Gasteiger partial charge in [0.1, 0.15) is 0 Å². The molecule has 0 aromatic carbocycles. The first kappa shape index (κ1) is 83.0. The highest BCUT2D eigenvalue weighted by Crippen LogP contribution is 2.66. The molecule has 0 spiro atoms. The van der Waals surface area contributed by atoms with E-state index in [1.807, 2.05) is 0 Å². The van der Waals surface area contributed by atoms with Gasteiger partial charge in [-0.2, -0.15) is 0 Å². The van der Waals surface area contributed by atoms with E-state index in [9.17, 15) is 0 Å². The van der Waals surface area contributed by atoms with Crippen LogP contribution < -0.4 is 0 Å². The van der Waals surface area contributed by atoms with Gasteiger partial charge in [0.2, 0.25) is 0 Å². The summed E-state index contributed by atoms with van der Waals surface area (Å²) in [5.74, 6) is 3.82. The Morgan fingerprint density at radius 1 is 0.165 bits per heavy atom. The van der Waals surface area contributed by atoms with E-state index in [2.05, 4.69) is 55.4 Å². The fourth-order valence-corrected chi connectivity index (χ4v) is 17.5. The molecule has 1 aliphatic rings. The normalized spacial score (nSPS) is 17.8. The Hall–Kier alpha value is 0. The van der Waals surface area contributed by atoms with Gasteiger partial charge in [-0.15, -0.1) is 0 Å². The van der Waals surface area contributed by atoms with E-state index in [0.29, 0.717) is 10.8 Å². The number of hydrogen-bond donors (Lipinski definition) is 0. The zero-order chi connectivity index (χ0) is 61.5. The molecule has 0 aromatic rings. The zero-order valence-electron chi connectivity index (χ0n) is 61.5. The highest BCUT2D eigenvalue weighted by Gasteiger charge is 2.56. The summed E-state index contributed by atoms with van der Waals surface area (Å²) in [5, 5.41) is 0. The van der Waals surface area contributed by atoms with Crippen molar-refractivity contribution in [3.63, 3.8) is 0 Å². The SMILES string of the molecule is CCCCCCCCCCC(CCCCCCCC)CC1(CC(CCCCCCCC)CCCCCCCCCC)CCCC1(CC(CCCCCCCC)CCCCCCCCCC)CC(CCCCCCCC)CCCCCCCCCC. The van der Waals surface area contributed by atoms with Crippen LogP contribution in [0.3, 0.4) is 0 Å². The Morgan fingerprint density at radius 3 is 0.412 bits per heavy atom. The van der Waals surface area contributed by atoms with E-state index < -0.39 is 0 Å². The van der Waals surface area contributed by atoms with E-state index in [1.165, 1.54) is 360 Å². The molecule has 0 amide bonds. The van der Waals surface area contributed by atoms with Crippen molar-refractivity contribution in [2.45, 2.75) is 511 Å². The first-order valence-electron chi connectivity index (χ1n) is 41.9. The summed E-state index contributed by atoms with van der Waals surface area (Å²) in [4.78, 5) is 0. The minimum Gasteiger partial charge on any atom is -0.0654 e. The van der Waals surface area contributed by atoms with Gasteiger partial charge in [0, 0.05) is 0 Å². The molecular weight excluding hydrogens is 1020 g/mol. The fraction of sp³-hybridized carbons (Fsp3) is 1.00. The monoisotopic (exact) mass is 1190 g/mol. The Bertz CT molecular complexity index is 1070. The molecule has 0 bridgehead atoms. The van der Waals surface area contributed by atoms with Crippen LogP contribution in [0.15, 0.2) is 0 Å². The smallest absolute Gasteiger partial charge is 0.0235 e. The lowest BCUT2D eigenvalue weighted by Gasteiger charge is -2.53. The van der Waals surface area contributed by atoms with E-state index in [1.54, 1.807) is 96.3 Å². The van der Waals surface area contributed by atoms with Gasteiger partial charge in [0.05, 0.1) is 0 Å². The highest BCUT2D eigenvalue weighted by molar-refractivity contribution is 5.06. The van der Waals surface area contributed by atoms with Gasteiger partial charge < -0.3 is 0 Å². The van der Waals surface area contributed by atoms with Crippen LogP contribution in [-0.2, 0) is 0 Å². The largest absolute Gasteiger partial charge is 0.0654 e. The van der Waals surface area contributed by atoms with Gasteiger partial charge in [-0.1, -0.05) is 473 Å². The second-order valence-corrected chi connectivity index (χ2v) is 31.0. The molecule has 0 nitrogen and oxygen atoms in total. The molecule has 510 valence electrons. The quantitative estimate of drug-likeness (QED) is 0.0533. The van der Waals surface area contributed by atoms with E-state index in [4.69, 9.17) is 0 Å². The molecule has 1 fully saturated rings. The summed E-state index contributed by atoms with van der Waals surface area (Å²) in [5.41, 5.74) is 1.09. The van der Waals surface area contributed by atoms with Crippen LogP contribution in [0.5, 0.6) is 0 Å². The van der Waals surface area contributed by atoms with Crippen molar-refractivity contribution in [1.82, 2.24) is 0 Å². The van der Waals surface area contributed by atoms with Gasteiger partial charge in [0.25, 0.3) is 0 Å². The summed E-state index contributed by atoms with van der Waals surface area (Å²) in [6.45, 7) is 19.2. The van der Waals surface area contributed by atoms with Crippen LogP contribution >= 0.6 is 0 Å². The van der Waals surface area contributed by atoms with Crippen molar-refractivity contribution in [2.75, 3.05) is 0 Å². The molecule has 1 aliphatic carbocycles. The molecule has 0 radical (unpaired) electrons. The van der Waals surface area contributed by atoms with Crippen molar-refractivity contribution in [1.29, 1.82) is 0 Å². The molecule has 4 atom stereocenters. The van der Waals surface area contributed by atoms with Gasteiger partial charge in [-0.25, -0.2) is 0 Å². The Labute approximate surface area is 542 Å². The Kier molecular flexibility index (Phi) is 62.6. The van der Waals surface area contributed by atoms with E-state index in [-0.39, 0.29) is 0 Å². The maximum atomic E-state index is 2.42. The van der Waals surface area contributed by atoms with Crippen molar-refractivity contribution in [3.05, 3.63) is 0 Å². The molecule has 0 heterocycles. The molecule has 4 unspecified atom stereocenters. The van der Waals surface area contributed by atoms with Crippen LogP contribution in [0.1, 0.15) is 511 Å². The number of rotatable bonds is 72. The molecule has 0 aromatic heterocycles. The highest BCUT2D eigenvalue weighted by atomic mass is 14.6. The number of hydrogen-bond acceptors (Lipinski definition) is 0. The van der Waals surface area contributed by atoms with Gasteiger partial charge in [-0.3, -0.25) is 0 Å². The topological polar surface area (TPSA) is 0 Å². The van der Waals surface area contributed by atoms with Crippen LogP contribution in [0.2, 0.25) is 0 Å². The van der Waals surface area contributed by atoms with Crippen molar-refractivity contribution in [3.8, 4) is 0 Å². The first-order chi connectivity index (χ1) is 41.9. The summed E-state index contributed by atoms with van der Waals surface area (Å²) in [6.07, 6.45) is 106. The third kappa shape index (κ3) is 47.5. The molecule has 0 aliphatic heterocycles. The van der Waals surface area contributed by atoms with Crippen LogP contribution in [0, 0.1) is 34.5 Å². The Balaban J connectivity index is 4.14. The summed E-state index contributed by atoms with van der Waals surface area (Å²) in [7, 11) is 0. The standard InChI is InChI=1S/C85H170/c1-9-17-25-33-41-45-53-61-70-80(66-57-49-37-29-21-13-5)76-84(77-81(67-58-50-38-30-22-14-6)71-62-54-46-42-34-26-18-10-2)74-65-75-85(84,78-82(68-59-51-39-31-23-15-7)72-63-55-47-43-35-27-19-11-3)79-83(69-60-52-40-32-24-16-8)73-64-56-48-44-36-28-20-12-4/h80-83H,9-79H2,1-8H3. The predicted molar refractivity (Wildman–Crippen MR) is 392 cm³/mol. The second kappa shape index (κ2) is 64.1. The maximum Gasteiger partial charge on any atom is -0.0235 e. The number of unbranched alkanes of at least 4 members (excludes halogenated alkanes) is 48. The lowest BCUT2D eigenvalue weighted by molar-refractivity contribution is -0.0320. The third-order valence-corrected chi connectivity index (χ3v) is 22.9. The second-order valence-electron chi connectivity index (χ2n) is 31.0. The van der Waals surface area contributed by atoms with Gasteiger partial charge >= 0.3 is 0 Å². The summed E-state index contributed by atoms with van der Waals surface area (Å²) in [6, 6.07) is 0. The molecular formula is C85H170.